The largest absolute Gasteiger partial charge is 0.437 e. The number of nitro benzene ring substituents is 1. The maximum absolute atomic E-state index is 14.3. The molecule has 0 unspecified atom stereocenters. The second kappa shape index (κ2) is 8.24. The molecule has 0 aliphatic heterocycles. The molecule has 2 aromatic carbocycles. The minimum Gasteiger partial charge on any atom is -0.320 e. The molecule has 3 aromatic rings. The fourth-order valence-electron chi connectivity index (χ4n) is 2.89. The maximum Gasteiger partial charge on any atom is 0.437 e. The third kappa shape index (κ3) is 4.34. The summed E-state index contributed by atoms with van der Waals surface area (Å²) in [6.45, 7) is 0. The number of halogens is 8. The van der Waals surface area contributed by atoms with Crippen molar-refractivity contribution in [2.24, 2.45) is 0 Å². The minimum absolute atomic E-state index is 0.105. The predicted molar refractivity (Wildman–Crippen MR) is 105 cm³/mol. The molecule has 0 aliphatic carbocycles. The van der Waals surface area contributed by atoms with Crippen LogP contribution in [0.1, 0.15) is 16.1 Å². The predicted octanol–water partition coefficient (Wildman–Crippen LogP) is 6.45. The van der Waals surface area contributed by atoms with Crippen LogP contribution in [0.3, 0.4) is 0 Å². The Balaban J connectivity index is 2.09. The summed E-state index contributed by atoms with van der Waals surface area (Å²) in [5.74, 6) is -0.860. The highest BCUT2D eigenvalue weighted by Crippen LogP contribution is 2.53. The molecule has 1 amide bonds. The van der Waals surface area contributed by atoms with Gasteiger partial charge in [-0.15, -0.1) is 0 Å². The van der Waals surface area contributed by atoms with E-state index in [2.05, 4.69) is 26.2 Å². The Kier molecular flexibility index (Phi) is 6.08. The number of alkyl halides is 7. The van der Waals surface area contributed by atoms with E-state index in [4.69, 9.17) is 0 Å². The summed E-state index contributed by atoms with van der Waals surface area (Å²) >= 11 is 3.09. The van der Waals surface area contributed by atoms with Gasteiger partial charge in [0.1, 0.15) is 0 Å². The molecule has 0 atom stereocenters. The number of benzene rings is 2. The summed E-state index contributed by atoms with van der Waals surface area (Å²) in [5.41, 5.74) is -8.74. The first-order valence-electron chi connectivity index (χ1n) is 8.64. The second-order valence-corrected chi connectivity index (χ2v) is 7.46. The molecule has 1 heterocycles. The van der Waals surface area contributed by atoms with Gasteiger partial charge in [-0.2, -0.15) is 26.3 Å². The Hall–Kier alpha value is -3.29. The van der Waals surface area contributed by atoms with Crippen LogP contribution in [0.15, 0.2) is 53.0 Å². The Morgan fingerprint density at radius 1 is 0.970 bits per heavy atom. The molecule has 0 radical (unpaired) electrons. The number of nitrogens with one attached hydrogen (secondary N) is 1. The summed E-state index contributed by atoms with van der Waals surface area (Å²) in [4.78, 5) is 25.9. The second-order valence-electron chi connectivity index (χ2n) is 6.60. The van der Waals surface area contributed by atoms with E-state index in [-0.39, 0.29) is 32.9 Å². The lowest BCUT2D eigenvalue weighted by molar-refractivity contribution is -0.384. The first kappa shape index (κ1) is 24.4. The molecule has 6 nitrogen and oxygen atoms in total. The molecule has 0 fully saturated rings. The summed E-state index contributed by atoms with van der Waals surface area (Å²) in [6, 6.07) is 7.77. The van der Waals surface area contributed by atoms with Crippen LogP contribution in [0, 0.1) is 10.1 Å². The normalized spacial score (nSPS) is 12.6. The van der Waals surface area contributed by atoms with Crippen molar-refractivity contribution in [1.82, 2.24) is 4.98 Å². The molecular formula is C19H9BrF7N3O3. The number of hydrogen-bond donors (Lipinski definition) is 1. The van der Waals surface area contributed by atoms with Crippen molar-refractivity contribution in [3.8, 4) is 0 Å². The lowest BCUT2D eigenvalue weighted by Gasteiger charge is -2.29. The molecule has 33 heavy (non-hydrogen) atoms. The van der Waals surface area contributed by atoms with Gasteiger partial charge in [0, 0.05) is 27.6 Å². The number of non-ortho nitro benzene ring substituents is 1. The van der Waals surface area contributed by atoms with Crippen molar-refractivity contribution < 1.29 is 40.5 Å². The third-order valence-corrected chi connectivity index (χ3v) is 5.17. The van der Waals surface area contributed by atoms with E-state index in [9.17, 15) is 45.6 Å². The van der Waals surface area contributed by atoms with Gasteiger partial charge < -0.3 is 5.32 Å². The van der Waals surface area contributed by atoms with Crippen LogP contribution < -0.4 is 5.32 Å². The average molecular weight is 540 g/mol. The molecule has 3 rings (SSSR count). The summed E-state index contributed by atoms with van der Waals surface area (Å²) < 4.78 is 92.7. The maximum atomic E-state index is 14.3. The van der Waals surface area contributed by atoms with Gasteiger partial charge in [0.05, 0.1) is 21.8 Å². The first-order chi connectivity index (χ1) is 15.2. The third-order valence-electron chi connectivity index (χ3n) is 4.51. The molecule has 0 bridgehead atoms. The first-order valence-corrected chi connectivity index (χ1v) is 9.44. The van der Waals surface area contributed by atoms with Gasteiger partial charge in [-0.3, -0.25) is 14.9 Å². The Morgan fingerprint density at radius 2 is 1.61 bits per heavy atom. The smallest absolute Gasteiger partial charge is 0.320 e. The number of aromatic nitrogens is 1. The Morgan fingerprint density at radius 3 is 2.18 bits per heavy atom. The molecule has 0 saturated carbocycles. The SMILES string of the molecule is O=C(Nc1c(Br)ccc2nc(C(F)(C(F)(F)F)C(F)(F)F)ccc12)c1cccc([N+](=O)[O-])c1. The number of nitrogens with zero attached hydrogens (tertiary/aromatic N) is 2. The number of fused-ring (bicyclic) bond motifs is 1. The molecule has 0 saturated heterocycles. The van der Waals surface area contributed by atoms with Crippen LogP contribution in [-0.4, -0.2) is 28.2 Å². The van der Waals surface area contributed by atoms with E-state index < -0.39 is 40.1 Å². The average Bonchev–Trinajstić information content (AvgIpc) is 2.73. The topological polar surface area (TPSA) is 85.1 Å². The van der Waals surface area contributed by atoms with Crippen molar-refractivity contribution in [3.05, 3.63) is 74.4 Å². The van der Waals surface area contributed by atoms with E-state index in [1.165, 1.54) is 18.2 Å². The van der Waals surface area contributed by atoms with Crippen molar-refractivity contribution in [3.63, 3.8) is 0 Å². The van der Waals surface area contributed by atoms with Crippen molar-refractivity contribution in [2.45, 2.75) is 18.0 Å². The summed E-state index contributed by atoms with van der Waals surface area (Å²) in [7, 11) is 0. The van der Waals surface area contributed by atoms with Crippen molar-refractivity contribution in [2.75, 3.05) is 5.32 Å². The summed E-state index contributed by atoms with van der Waals surface area (Å²) in [5, 5.41) is 13.1. The van der Waals surface area contributed by atoms with Crippen LogP contribution in [-0.2, 0) is 5.67 Å². The van der Waals surface area contributed by atoms with E-state index in [1.54, 1.807) is 0 Å². The lowest BCUT2D eigenvalue weighted by atomic mass is 9.98. The number of carbonyl (C=O) groups is 1. The van der Waals surface area contributed by atoms with Crippen molar-refractivity contribution >= 4 is 44.1 Å². The van der Waals surface area contributed by atoms with Gasteiger partial charge in [0.15, 0.2) is 0 Å². The zero-order valence-electron chi connectivity index (χ0n) is 15.8. The van der Waals surface area contributed by atoms with E-state index >= 15 is 0 Å². The van der Waals surface area contributed by atoms with Crippen LogP contribution >= 0.6 is 15.9 Å². The van der Waals surface area contributed by atoms with E-state index in [0.29, 0.717) is 0 Å². The van der Waals surface area contributed by atoms with Crippen LogP contribution in [0.2, 0.25) is 0 Å². The Bertz CT molecular complexity index is 1250. The zero-order valence-corrected chi connectivity index (χ0v) is 17.3. The number of nitro groups is 1. The fourth-order valence-corrected chi connectivity index (χ4v) is 3.34. The highest BCUT2D eigenvalue weighted by Gasteiger charge is 2.74. The lowest BCUT2D eigenvalue weighted by Crippen LogP contribution is -2.50. The van der Waals surface area contributed by atoms with Gasteiger partial charge in [-0.05, 0) is 46.3 Å². The van der Waals surface area contributed by atoms with Crippen LogP contribution in [0.4, 0.5) is 42.1 Å². The minimum atomic E-state index is -6.33. The highest BCUT2D eigenvalue weighted by atomic mass is 79.9. The van der Waals surface area contributed by atoms with Crippen LogP contribution in [0.5, 0.6) is 0 Å². The van der Waals surface area contributed by atoms with Gasteiger partial charge in [0.2, 0.25) is 0 Å². The number of carbonyl (C=O) groups excluding carboxylic acids is 1. The molecule has 1 N–H and O–H groups in total. The monoisotopic (exact) mass is 539 g/mol. The molecule has 0 spiro atoms. The van der Waals surface area contributed by atoms with Crippen molar-refractivity contribution in [1.29, 1.82) is 0 Å². The Labute approximate surface area is 187 Å². The number of rotatable bonds is 4. The number of hydrogen-bond acceptors (Lipinski definition) is 4. The summed E-state index contributed by atoms with van der Waals surface area (Å²) in [6.07, 6.45) is -12.7. The standard InChI is InChI=1S/C19H9BrF7N3O3/c20-12-5-6-13-11(4-7-14(28-13)17(21,18(22,23)24)19(25,26)27)15(12)29-16(31)9-2-1-3-10(8-9)30(32)33/h1-8H,(H,29,31). The molecular weight excluding hydrogens is 531 g/mol. The van der Waals surface area contributed by atoms with Crippen LogP contribution in [0.25, 0.3) is 10.9 Å². The highest BCUT2D eigenvalue weighted by molar-refractivity contribution is 9.10. The zero-order chi connectivity index (χ0) is 24.8. The quantitative estimate of drug-likeness (QED) is 0.234. The van der Waals surface area contributed by atoms with Gasteiger partial charge in [-0.1, -0.05) is 6.07 Å². The molecule has 14 heteroatoms. The number of anilines is 1. The van der Waals surface area contributed by atoms with E-state index in [0.717, 1.165) is 24.3 Å². The number of amides is 1. The molecule has 174 valence electrons. The van der Waals surface area contributed by atoms with Gasteiger partial charge in [0.25, 0.3) is 11.6 Å². The molecule has 0 aliphatic rings. The number of pyridine rings is 1. The molecule has 1 aromatic heterocycles. The fraction of sp³-hybridized carbons (Fsp3) is 0.158. The van der Waals surface area contributed by atoms with Gasteiger partial charge >= 0.3 is 18.0 Å². The van der Waals surface area contributed by atoms with Gasteiger partial charge in [-0.25, -0.2) is 9.37 Å². The van der Waals surface area contributed by atoms with E-state index in [1.807, 2.05) is 0 Å².